The zero-order valence-corrected chi connectivity index (χ0v) is 77.5. The summed E-state index contributed by atoms with van der Waals surface area (Å²) >= 11 is -3.50. The third kappa shape index (κ3) is 22.0. The summed E-state index contributed by atoms with van der Waals surface area (Å²) in [5.41, 5.74) is 26.3. The Labute approximate surface area is 696 Å². The number of hydrogen-bond acceptors (Lipinski definition) is 4. The number of halogens is 4. The van der Waals surface area contributed by atoms with Crippen LogP contribution in [0.5, 0.6) is 0 Å². The third-order valence-corrected chi connectivity index (χ3v) is 29.2. The van der Waals surface area contributed by atoms with Crippen molar-refractivity contribution in [3.05, 3.63) is 257 Å². The summed E-state index contributed by atoms with van der Waals surface area (Å²) in [5, 5.41) is 0. The van der Waals surface area contributed by atoms with Gasteiger partial charge in [0.15, 0.2) is 0 Å². The zero-order chi connectivity index (χ0) is 80.0. The summed E-state index contributed by atoms with van der Waals surface area (Å²) in [6, 6.07) is 55.9. The van der Waals surface area contributed by atoms with Gasteiger partial charge in [0.25, 0.3) is 0 Å². The van der Waals surface area contributed by atoms with Crippen LogP contribution in [0.2, 0.25) is 0 Å². The molecule has 0 atom stereocenters. The van der Waals surface area contributed by atoms with Crippen LogP contribution in [-0.4, -0.2) is 30.9 Å². The standard InChI is InChI=1S/2C21H32N.2C18H28N.C15H10.C7H6.4ClH.2Ru/c2*1-5-17-11-10-12-18(6-2)19(17)22-16-21(15-20(22,3)4)13-8-7-9-14-21;2*1-7-14-10-9-11-15(8-2)16(14)19-13-17(3,4)12-18(19,5)6;1-2-6-12(7-3-1)15-11-10-13-8-4-5-9-14(13)15;1-7-5-3-2-4-6-7;;;;;;/h2*10-12,16H,5-9,13-15H2,1-4H3;2*9-11,13H,7-8,12H2,1-6H3;1-9,11H;1-6H;4*1H;;/q4*-1;;;;;;;2*+2/p-4. The van der Waals surface area contributed by atoms with Crippen LogP contribution in [0.25, 0.3) is 5.57 Å². The second-order valence-corrected chi connectivity index (χ2v) is 47.5. The fraction of sp³-hybridized carbons (Fsp3) is 0.500. The maximum absolute atomic E-state index is 6.19. The molecule has 604 valence electrons. The van der Waals surface area contributed by atoms with Crippen molar-refractivity contribution in [1.82, 2.24) is 0 Å². The van der Waals surface area contributed by atoms with Crippen molar-refractivity contribution in [3.8, 4) is 0 Å². The van der Waals surface area contributed by atoms with E-state index >= 15 is 0 Å². The Balaban J connectivity index is 0.000000154. The monoisotopic (exact) mass is 1740 g/mol. The number of anilines is 4. The predicted octanol–water partition coefficient (Wildman–Crippen LogP) is 29.1. The molecule has 14 rings (SSSR count). The summed E-state index contributed by atoms with van der Waals surface area (Å²) in [7, 11) is 23.7. The first-order valence-electron chi connectivity index (χ1n) is 41.9. The molecule has 0 amide bonds. The summed E-state index contributed by atoms with van der Waals surface area (Å²) in [5.74, 6) is 0. The number of aryl methyl sites for hydroxylation is 8. The van der Waals surface area contributed by atoms with Gasteiger partial charge in [-0.1, -0.05) is 246 Å². The van der Waals surface area contributed by atoms with Crippen molar-refractivity contribution in [2.45, 2.75) is 302 Å². The minimum atomic E-state index is -1.88. The van der Waals surface area contributed by atoms with E-state index in [0.717, 1.165) is 61.0 Å². The fourth-order valence-electron chi connectivity index (χ4n) is 19.9. The molecule has 7 aromatic rings. The molecule has 4 nitrogen and oxygen atoms in total. The Morgan fingerprint density at radius 2 is 0.609 bits per heavy atom. The van der Waals surface area contributed by atoms with Crippen LogP contribution in [-0.2, 0) is 78.4 Å². The van der Waals surface area contributed by atoms with Gasteiger partial charge < -0.3 is 19.6 Å². The molecule has 0 N–H and O–H groups in total. The molecule has 4 saturated heterocycles. The third-order valence-electron chi connectivity index (χ3n) is 24.2. The van der Waals surface area contributed by atoms with Crippen LogP contribution in [0.1, 0.15) is 295 Å². The van der Waals surface area contributed by atoms with Crippen molar-refractivity contribution in [2.75, 3.05) is 19.6 Å². The molecule has 0 radical (unpaired) electrons. The number of hydrogen-bond donors (Lipinski definition) is 0. The quantitative estimate of drug-likeness (QED) is 0.0795. The van der Waals surface area contributed by atoms with E-state index in [4.69, 9.17) is 38.8 Å². The van der Waals surface area contributed by atoms with Gasteiger partial charge in [0, 0.05) is 44.9 Å². The molecule has 7 aliphatic rings. The maximum atomic E-state index is 6.19. The second kappa shape index (κ2) is 39.0. The number of fused-ring (bicyclic) bond motifs is 1. The van der Waals surface area contributed by atoms with E-state index in [-0.39, 0.29) is 33.0 Å². The normalized spacial score (nSPS) is 19.8. The number of para-hydroxylation sites is 4. The van der Waals surface area contributed by atoms with Gasteiger partial charge in [0.1, 0.15) is 0 Å². The topological polar surface area (TPSA) is 13.0 Å². The Hall–Kier alpha value is -4.37. The molecular formula is C100H136Cl4N4Ru2-4. The molecule has 6 fully saturated rings. The molecule has 110 heavy (non-hydrogen) atoms. The van der Waals surface area contributed by atoms with Crippen molar-refractivity contribution >= 4 is 75.8 Å². The van der Waals surface area contributed by atoms with Crippen molar-refractivity contribution in [2.24, 2.45) is 21.7 Å². The second-order valence-electron chi connectivity index (χ2n) is 36.0. The van der Waals surface area contributed by atoms with Crippen LogP contribution in [0.3, 0.4) is 0 Å². The first kappa shape index (κ1) is 89.6. The molecule has 4 aliphatic heterocycles. The molecule has 4 heterocycles. The Bertz CT molecular complexity index is 3960. The van der Waals surface area contributed by atoms with E-state index in [1.807, 2.05) is 59.2 Å². The first-order valence-corrected chi connectivity index (χ1v) is 52.7. The molecule has 7 aromatic carbocycles. The molecule has 3 aliphatic carbocycles. The molecule has 2 saturated carbocycles. The van der Waals surface area contributed by atoms with E-state index in [1.54, 1.807) is 0 Å². The first-order chi connectivity index (χ1) is 52.2. The van der Waals surface area contributed by atoms with Crippen LogP contribution in [0.4, 0.5) is 22.7 Å². The van der Waals surface area contributed by atoms with Crippen molar-refractivity contribution in [1.29, 1.82) is 0 Å². The number of nitrogens with zero attached hydrogens (tertiary/aromatic N) is 4. The Morgan fingerprint density at radius 3 is 0.891 bits per heavy atom. The van der Waals surface area contributed by atoms with E-state index < -0.39 is 27.0 Å². The van der Waals surface area contributed by atoms with Gasteiger partial charge >= 0.3 is 193 Å². The van der Waals surface area contributed by atoms with Gasteiger partial charge in [-0.2, -0.15) is 0 Å². The summed E-state index contributed by atoms with van der Waals surface area (Å²) in [6.07, 6.45) is 30.2. The summed E-state index contributed by atoms with van der Waals surface area (Å²) in [6.45, 7) is 57.0. The number of rotatable bonds is 14. The van der Waals surface area contributed by atoms with Crippen LogP contribution < -0.4 is 19.6 Å². The molecule has 0 unspecified atom stereocenters. The van der Waals surface area contributed by atoms with E-state index in [9.17, 15) is 0 Å². The Morgan fingerprint density at radius 1 is 0.327 bits per heavy atom. The average Bonchev–Trinajstić information content (AvgIpc) is 1.60. The van der Waals surface area contributed by atoms with Gasteiger partial charge in [-0.05, 0) is 151 Å². The molecule has 10 heteroatoms. The van der Waals surface area contributed by atoms with Crippen molar-refractivity contribution in [3.63, 3.8) is 0 Å². The Kier molecular flexibility index (Phi) is 31.8. The van der Waals surface area contributed by atoms with E-state index in [0.29, 0.717) is 10.8 Å². The molecule has 2 spiro atoms. The van der Waals surface area contributed by atoms with Crippen molar-refractivity contribution < 1.29 is 27.0 Å². The van der Waals surface area contributed by atoms with Crippen LogP contribution >= 0.6 is 38.8 Å². The summed E-state index contributed by atoms with van der Waals surface area (Å²) in [4.78, 5) is 10.4. The molecular weight excluding hydrogens is 1600 g/mol. The predicted molar refractivity (Wildman–Crippen MR) is 480 cm³/mol. The van der Waals surface area contributed by atoms with Gasteiger partial charge in [-0.3, -0.25) is 0 Å². The fourth-order valence-corrected chi connectivity index (χ4v) is 24.2. The average molecular weight is 1740 g/mol. The number of allylic oxidation sites excluding steroid dienone is 1. The van der Waals surface area contributed by atoms with Crippen LogP contribution in [0.15, 0.2) is 164 Å². The molecule has 0 aromatic heterocycles. The SMILES string of the molecule is CCc1cccc(CC)c1N1[CH-]C(C)(C)CC1(C)C.CCc1cccc(CC)c1N1[CH-]C(C)(C)CC1(C)C.CCc1cccc(CC)c1N1[CH-]C2(CCCCC2)CC1(C)C.CCc1cccc(CC)c1N1[CH-]C2(CCCCC2)CC1(C)C.[Cl][Ru]([Cl])=[CH]c1ccccc1.[Cl][Ru]([Cl])=[C]1C=C(c2ccccc2)c2ccccc21. The minimum absolute atomic E-state index is 0.207. The van der Waals surface area contributed by atoms with E-state index in [2.05, 4.69) is 293 Å². The van der Waals surface area contributed by atoms with Crippen LogP contribution in [0, 0.1) is 47.8 Å². The van der Waals surface area contributed by atoms with E-state index in [1.165, 1.54) is 179 Å². The number of benzene rings is 7. The van der Waals surface area contributed by atoms with Gasteiger partial charge in [-0.25, -0.2) is 26.2 Å². The molecule has 0 bridgehead atoms. The van der Waals surface area contributed by atoms with Gasteiger partial charge in [0.2, 0.25) is 0 Å². The zero-order valence-electron chi connectivity index (χ0n) is 71.0. The van der Waals surface area contributed by atoms with Gasteiger partial charge in [-0.15, -0.1) is 21.7 Å². The van der Waals surface area contributed by atoms with Gasteiger partial charge in [0.05, 0.1) is 0 Å². The summed E-state index contributed by atoms with van der Waals surface area (Å²) < 4.78 is 3.05.